The Balaban J connectivity index is 1.73. The van der Waals surface area contributed by atoms with Gasteiger partial charge in [-0.2, -0.15) is 18.3 Å². The molecule has 0 saturated heterocycles. The number of aryl methyl sites for hydroxylation is 1. The molecule has 0 radical (unpaired) electrons. The lowest BCUT2D eigenvalue weighted by Gasteiger charge is -2.08. The van der Waals surface area contributed by atoms with Crippen LogP contribution in [0.4, 0.5) is 13.2 Å². The van der Waals surface area contributed by atoms with Crippen molar-refractivity contribution in [2.45, 2.75) is 33.4 Å². The van der Waals surface area contributed by atoms with Gasteiger partial charge in [0, 0.05) is 21.4 Å². The molecule has 0 unspecified atom stereocenters. The highest BCUT2D eigenvalue weighted by Gasteiger charge is 2.30. The monoisotopic (exact) mass is 458 g/mol. The number of halogens is 3. The molecule has 4 rings (SSSR count). The number of alkyl halides is 3. The Hall–Kier alpha value is -3.13. The van der Waals surface area contributed by atoms with Crippen LogP contribution in [0.2, 0.25) is 0 Å². The molecule has 0 bridgehead atoms. The molecule has 32 heavy (non-hydrogen) atoms. The molecule has 0 aliphatic carbocycles. The van der Waals surface area contributed by atoms with Gasteiger partial charge >= 0.3 is 12.1 Å². The summed E-state index contributed by atoms with van der Waals surface area (Å²) in [4.78, 5) is 13.3. The summed E-state index contributed by atoms with van der Waals surface area (Å²) in [6.45, 7) is 5.62. The van der Waals surface area contributed by atoms with Gasteiger partial charge in [-0.25, -0.2) is 9.48 Å². The standard InChI is InChI=1S/C24H21F3N2O2S/c1-4-31-23(30)22-14(2)28-29(15(22)3)20-9-6-10-21-19(20)13-18(32-21)12-16-7-5-8-17(11-16)24(25,26)27/h5-11,13H,4,12H2,1-3H3. The van der Waals surface area contributed by atoms with Crippen LogP contribution in [0, 0.1) is 13.8 Å². The zero-order valence-corrected chi connectivity index (χ0v) is 18.6. The molecule has 4 aromatic rings. The molecule has 0 aliphatic heterocycles. The first kappa shape index (κ1) is 22.1. The van der Waals surface area contributed by atoms with Crippen LogP contribution in [0.15, 0.2) is 48.5 Å². The number of carbonyl (C=O) groups excluding carboxylic acids is 1. The average molecular weight is 459 g/mol. The largest absolute Gasteiger partial charge is 0.462 e. The number of hydrogen-bond donors (Lipinski definition) is 0. The minimum Gasteiger partial charge on any atom is -0.462 e. The third-order valence-electron chi connectivity index (χ3n) is 5.22. The third-order valence-corrected chi connectivity index (χ3v) is 6.32. The second kappa shape index (κ2) is 8.43. The molecule has 0 atom stereocenters. The first-order valence-electron chi connectivity index (χ1n) is 10.1. The van der Waals surface area contributed by atoms with Crippen LogP contribution in [0.5, 0.6) is 0 Å². The number of ether oxygens (including phenoxy) is 1. The van der Waals surface area contributed by atoms with Gasteiger partial charge in [0.05, 0.1) is 29.2 Å². The number of benzene rings is 2. The summed E-state index contributed by atoms with van der Waals surface area (Å²) < 4.78 is 47.0. The number of fused-ring (bicyclic) bond motifs is 1. The van der Waals surface area contributed by atoms with E-state index in [4.69, 9.17) is 4.74 Å². The van der Waals surface area contributed by atoms with Crippen molar-refractivity contribution >= 4 is 27.4 Å². The molecule has 0 saturated carbocycles. The summed E-state index contributed by atoms with van der Waals surface area (Å²) >= 11 is 1.53. The quantitative estimate of drug-likeness (QED) is 0.321. The van der Waals surface area contributed by atoms with E-state index in [1.165, 1.54) is 23.5 Å². The highest BCUT2D eigenvalue weighted by atomic mass is 32.1. The number of rotatable bonds is 5. The van der Waals surface area contributed by atoms with E-state index in [1.54, 1.807) is 24.6 Å². The van der Waals surface area contributed by atoms with E-state index in [9.17, 15) is 18.0 Å². The Morgan fingerprint density at radius 3 is 2.59 bits per heavy atom. The van der Waals surface area contributed by atoms with Crippen molar-refractivity contribution in [2.75, 3.05) is 6.61 Å². The van der Waals surface area contributed by atoms with Gasteiger partial charge < -0.3 is 4.74 Å². The van der Waals surface area contributed by atoms with Crippen LogP contribution in [0.1, 0.15) is 44.7 Å². The van der Waals surface area contributed by atoms with Crippen molar-refractivity contribution in [1.82, 2.24) is 9.78 Å². The fourth-order valence-electron chi connectivity index (χ4n) is 3.80. The van der Waals surface area contributed by atoms with E-state index in [2.05, 4.69) is 5.10 Å². The third kappa shape index (κ3) is 4.14. The molecular formula is C24H21F3N2O2S. The van der Waals surface area contributed by atoms with Crippen molar-refractivity contribution < 1.29 is 22.7 Å². The lowest BCUT2D eigenvalue weighted by molar-refractivity contribution is -0.137. The van der Waals surface area contributed by atoms with Crippen molar-refractivity contribution in [3.05, 3.63) is 81.5 Å². The zero-order chi connectivity index (χ0) is 23.0. The predicted molar refractivity (Wildman–Crippen MR) is 119 cm³/mol. The first-order valence-corrected chi connectivity index (χ1v) is 10.9. The molecule has 0 N–H and O–H groups in total. The van der Waals surface area contributed by atoms with Crippen LogP contribution in [0.25, 0.3) is 15.8 Å². The summed E-state index contributed by atoms with van der Waals surface area (Å²) in [5, 5.41) is 5.49. The van der Waals surface area contributed by atoms with Gasteiger partial charge in [0.25, 0.3) is 0 Å². The first-order chi connectivity index (χ1) is 15.2. The normalized spacial score (nSPS) is 11.8. The number of nitrogens with zero attached hydrogens (tertiary/aromatic N) is 2. The molecule has 0 spiro atoms. The lowest BCUT2D eigenvalue weighted by Crippen LogP contribution is -2.07. The van der Waals surface area contributed by atoms with Gasteiger partial charge in [-0.1, -0.05) is 24.3 Å². The van der Waals surface area contributed by atoms with Gasteiger partial charge in [0.1, 0.15) is 5.56 Å². The molecule has 166 valence electrons. The second-order valence-corrected chi connectivity index (χ2v) is 8.62. The van der Waals surface area contributed by atoms with Gasteiger partial charge in [-0.05, 0) is 50.6 Å². The van der Waals surface area contributed by atoms with Crippen LogP contribution in [-0.2, 0) is 17.3 Å². The minimum absolute atomic E-state index is 0.280. The van der Waals surface area contributed by atoms with E-state index in [0.717, 1.165) is 26.7 Å². The Kier molecular flexibility index (Phi) is 5.81. The molecule has 2 aromatic carbocycles. The van der Waals surface area contributed by atoms with Crippen molar-refractivity contribution in [3.8, 4) is 5.69 Å². The topological polar surface area (TPSA) is 44.1 Å². The van der Waals surface area contributed by atoms with E-state index in [-0.39, 0.29) is 6.61 Å². The summed E-state index contributed by atoms with van der Waals surface area (Å²) in [5.41, 5.74) is 2.47. The summed E-state index contributed by atoms with van der Waals surface area (Å²) in [5.74, 6) is -0.406. The van der Waals surface area contributed by atoms with E-state index in [0.29, 0.717) is 28.9 Å². The fourth-order valence-corrected chi connectivity index (χ4v) is 4.92. The maximum Gasteiger partial charge on any atom is 0.416 e. The molecule has 0 amide bonds. The second-order valence-electron chi connectivity index (χ2n) is 7.45. The lowest BCUT2D eigenvalue weighted by atomic mass is 10.1. The van der Waals surface area contributed by atoms with Crippen LogP contribution in [0.3, 0.4) is 0 Å². The molecule has 0 aliphatic rings. The maximum absolute atomic E-state index is 13.1. The van der Waals surface area contributed by atoms with Gasteiger partial charge in [0.2, 0.25) is 0 Å². The number of hydrogen-bond acceptors (Lipinski definition) is 4. The minimum atomic E-state index is -4.37. The van der Waals surface area contributed by atoms with Crippen LogP contribution >= 0.6 is 11.3 Å². The summed E-state index contributed by atoms with van der Waals surface area (Å²) in [7, 11) is 0. The number of carbonyl (C=O) groups is 1. The Bertz CT molecular complexity index is 1300. The SMILES string of the molecule is CCOC(=O)c1c(C)nn(-c2cccc3sc(Cc4cccc(C(F)(F)F)c4)cc23)c1C. The highest BCUT2D eigenvalue weighted by molar-refractivity contribution is 7.19. The van der Waals surface area contributed by atoms with Gasteiger partial charge in [0.15, 0.2) is 0 Å². The summed E-state index contributed by atoms with van der Waals surface area (Å²) in [6.07, 6.45) is -3.97. The highest BCUT2D eigenvalue weighted by Crippen LogP contribution is 2.34. The molecule has 2 heterocycles. The average Bonchev–Trinajstić information content (AvgIpc) is 3.27. The summed E-state index contributed by atoms with van der Waals surface area (Å²) in [6, 6.07) is 13.2. The van der Waals surface area contributed by atoms with Gasteiger partial charge in [-0.15, -0.1) is 11.3 Å². The number of esters is 1. The molecular weight excluding hydrogens is 437 g/mol. The Morgan fingerprint density at radius 1 is 1.12 bits per heavy atom. The maximum atomic E-state index is 13.1. The smallest absolute Gasteiger partial charge is 0.416 e. The molecule has 0 fully saturated rings. The van der Waals surface area contributed by atoms with Crippen molar-refractivity contribution in [1.29, 1.82) is 0 Å². The molecule has 8 heteroatoms. The van der Waals surface area contributed by atoms with Crippen molar-refractivity contribution in [3.63, 3.8) is 0 Å². The number of aromatic nitrogens is 2. The van der Waals surface area contributed by atoms with Gasteiger partial charge in [-0.3, -0.25) is 0 Å². The van der Waals surface area contributed by atoms with Crippen LogP contribution < -0.4 is 0 Å². The number of thiophene rings is 1. The Morgan fingerprint density at radius 2 is 1.88 bits per heavy atom. The van der Waals surface area contributed by atoms with E-state index < -0.39 is 17.7 Å². The molecule has 2 aromatic heterocycles. The fraction of sp³-hybridized carbons (Fsp3) is 0.250. The Labute approximate surface area is 187 Å². The molecule has 4 nitrogen and oxygen atoms in total. The van der Waals surface area contributed by atoms with Crippen molar-refractivity contribution in [2.24, 2.45) is 0 Å². The predicted octanol–water partition coefficient (Wildman–Crippen LogP) is 6.49. The van der Waals surface area contributed by atoms with E-state index >= 15 is 0 Å². The van der Waals surface area contributed by atoms with E-state index in [1.807, 2.05) is 31.2 Å². The zero-order valence-electron chi connectivity index (χ0n) is 17.8. The van der Waals surface area contributed by atoms with Crippen LogP contribution in [-0.4, -0.2) is 22.4 Å².